The van der Waals surface area contributed by atoms with Crippen LogP contribution in [0.2, 0.25) is 0 Å². The monoisotopic (exact) mass is 334 g/mol. The van der Waals surface area contributed by atoms with Crippen LogP contribution in [0.4, 0.5) is 5.69 Å². The van der Waals surface area contributed by atoms with Crippen molar-refractivity contribution < 1.29 is 4.42 Å². The Bertz CT molecular complexity index is 881. The molecule has 0 aliphatic carbocycles. The number of benzene rings is 2. The molecule has 130 valence electrons. The molecule has 1 aromatic heterocycles. The van der Waals surface area contributed by atoms with E-state index < -0.39 is 0 Å². The van der Waals surface area contributed by atoms with E-state index in [2.05, 4.69) is 67.5 Å². The summed E-state index contributed by atoms with van der Waals surface area (Å²) in [5.74, 6) is 1.06. The Balaban J connectivity index is 1.48. The third-order valence-corrected chi connectivity index (χ3v) is 5.48. The van der Waals surface area contributed by atoms with Crippen molar-refractivity contribution in [3.63, 3.8) is 0 Å². The van der Waals surface area contributed by atoms with E-state index in [9.17, 15) is 0 Å². The maximum absolute atomic E-state index is 5.45. The number of nitrogens with zero attached hydrogens (tertiary/aromatic N) is 1. The van der Waals surface area contributed by atoms with Gasteiger partial charge in [0.2, 0.25) is 0 Å². The van der Waals surface area contributed by atoms with Crippen molar-refractivity contribution >= 4 is 16.8 Å². The summed E-state index contributed by atoms with van der Waals surface area (Å²) in [6.45, 7) is 6.81. The lowest BCUT2D eigenvalue weighted by Gasteiger charge is -2.30. The Kier molecular flexibility index (Phi) is 4.24. The fourth-order valence-corrected chi connectivity index (χ4v) is 3.85. The molecule has 3 aromatic rings. The minimum Gasteiger partial charge on any atom is -0.443 e. The van der Waals surface area contributed by atoms with Gasteiger partial charge in [0.1, 0.15) is 5.52 Å². The van der Waals surface area contributed by atoms with E-state index in [4.69, 9.17) is 4.42 Å². The van der Waals surface area contributed by atoms with Gasteiger partial charge in [-0.2, -0.15) is 0 Å². The van der Waals surface area contributed by atoms with E-state index in [-0.39, 0.29) is 0 Å². The molecule has 3 heteroatoms. The zero-order valence-electron chi connectivity index (χ0n) is 15.3. The summed E-state index contributed by atoms with van der Waals surface area (Å²) in [6.07, 6.45) is 5.01. The van der Waals surface area contributed by atoms with Gasteiger partial charge in [-0.05, 0) is 66.0 Å². The van der Waals surface area contributed by atoms with Gasteiger partial charge in [-0.25, -0.2) is 4.98 Å². The predicted molar refractivity (Wildman–Crippen MR) is 103 cm³/mol. The average molecular weight is 334 g/mol. The third-order valence-electron chi connectivity index (χ3n) is 5.48. The van der Waals surface area contributed by atoms with Crippen molar-refractivity contribution in [2.45, 2.75) is 57.9 Å². The number of aromatic nitrogens is 1. The highest BCUT2D eigenvalue weighted by Gasteiger charge is 2.21. The summed E-state index contributed by atoms with van der Waals surface area (Å²) in [6, 6.07) is 13.8. The molecule has 0 amide bonds. The molecule has 0 spiro atoms. The van der Waals surface area contributed by atoms with Crippen LogP contribution >= 0.6 is 0 Å². The first-order chi connectivity index (χ1) is 12.1. The molecular formula is C22H26N2O. The van der Waals surface area contributed by atoms with E-state index in [1.807, 2.05) is 0 Å². The Morgan fingerprint density at radius 3 is 2.80 bits per heavy atom. The van der Waals surface area contributed by atoms with E-state index >= 15 is 0 Å². The molecule has 1 N–H and O–H groups in total. The Morgan fingerprint density at radius 1 is 1.12 bits per heavy atom. The SMILES string of the molecule is CC(C)c1ccc2c(c1)NC(CC(C)c1ccc3ncoc3c1)CC2. The highest BCUT2D eigenvalue weighted by molar-refractivity contribution is 5.72. The summed E-state index contributed by atoms with van der Waals surface area (Å²) < 4.78 is 5.45. The van der Waals surface area contributed by atoms with Crippen LogP contribution in [0.15, 0.2) is 47.2 Å². The highest BCUT2D eigenvalue weighted by Crippen LogP contribution is 2.32. The predicted octanol–water partition coefficient (Wildman–Crippen LogP) is 5.87. The summed E-state index contributed by atoms with van der Waals surface area (Å²) in [4.78, 5) is 4.20. The van der Waals surface area contributed by atoms with Crippen LogP contribution in [0.1, 0.15) is 62.1 Å². The fourth-order valence-electron chi connectivity index (χ4n) is 3.85. The van der Waals surface area contributed by atoms with Gasteiger partial charge in [0.15, 0.2) is 12.0 Å². The summed E-state index contributed by atoms with van der Waals surface area (Å²) >= 11 is 0. The van der Waals surface area contributed by atoms with Crippen LogP contribution in [-0.2, 0) is 6.42 Å². The first-order valence-corrected chi connectivity index (χ1v) is 9.32. The summed E-state index contributed by atoms with van der Waals surface area (Å²) in [5.41, 5.74) is 7.34. The molecule has 1 aliphatic heterocycles. The number of nitrogens with one attached hydrogen (secondary N) is 1. The zero-order valence-corrected chi connectivity index (χ0v) is 15.3. The second kappa shape index (κ2) is 6.55. The molecule has 0 saturated heterocycles. The first-order valence-electron chi connectivity index (χ1n) is 9.32. The fraction of sp³-hybridized carbons (Fsp3) is 0.409. The largest absolute Gasteiger partial charge is 0.443 e. The molecule has 4 rings (SSSR count). The lowest BCUT2D eigenvalue weighted by atomic mass is 9.87. The minimum atomic E-state index is 0.488. The number of anilines is 1. The standard InChI is InChI=1S/C22H26N2O/c1-14(2)17-5-4-16-6-8-19(24-21(16)11-17)10-15(3)18-7-9-20-22(12-18)25-13-23-20/h4-5,7,9,11-15,19,24H,6,8,10H2,1-3H3. The van der Waals surface area contributed by atoms with Gasteiger partial charge in [-0.15, -0.1) is 0 Å². The number of aryl methyl sites for hydroxylation is 1. The third kappa shape index (κ3) is 3.28. The molecule has 1 aliphatic rings. The van der Waals surface area contributed by atoms with Crippen LogP contribution in [0.25, 0.3) is 11.1 Å². The Labute approximate surface area is 149 Å². The van der Waals surface area contributed by atoms with Gasteiger partial charge in [0.25, 0.3) is 0 Å². The molecule has 2 heterocycles. The van der Waals surface area contributed by atoms with Gasteiger partial charge >= 0.3 is 0 Å². The number of oxazole rings is 1. The van der Waals surface area contributed by atoms with Crippen molar-refractivity contribution in [3.05, 3.63) is 59.5 Å². The van der Waals surface area contributed by atoms with Gasteiger partial charge in [-0.3, -0.25) is 0 Å². The molecule has 0 radical (unpaired) electrons. The number of hydrogen-bond donors (Lipinski definition) is 1. The van der Waals surface area contributed by atoms with E-state index in [0.717, 1.165) is 17.5 Å². The van der Waals surface area contributed by atoms with Gasteiger partial charge in [0.05, 0.1) is 0 Å². The van der Waals surface area contributed by atoms with Crippen LogP contribution in [0, 0.1) is 0 Å². The molecule has 3 nitrogen and oxygen atoms in total. The van der Waals surface area contributed by atoms with Crippen molar-refractivity contribution in [2.75, 3.05) is 5.32 Å². The molecule has 25 heavy (non-hydrogen) atoms. The van der Waals surface area contributed by atoms with Gasteiger partial charge in [-0.1, -0.05) is 39.0 Å². The van der Waals surface area contributed by atoms with E-state index in [0.29, 0.717) is 17.9 Å². The van der Waals surface area contributed by atoms with Crippen LogP contribution < -0.4 is 5.32 Å². The number of hydrogen-bond acceptors (Lipinski definition) is 3. The van der Waals surface area contributed by atoms with Gasteiger partial charge in [0, 0.05) is 11.7 Å². The van der Waals surface area contributed by atoms with Crippen LogP contribution in [0.3, 0.4) is 0 Å². The van der Waals surface area contributed by atoms with E-state index in [1.54, 1.807) is 0 Å². The second-order valence-corrected chi connectivity index (χ2v) is 7.67. The Hall–Kier alpha value is -2.29. The molecular weight excluding hydrogens is 308 g/mol. The Morgan fingerprint density at radius 2 is 1.96 bits per heavy atom. The molecule has 2 unspecified atom stereocenters. The molecule has 0 bridgehead atoms. The number of fused-ring (bicyclic) bond motifs is 2. The van der Waals surface area contributed by atoms with Crippen LogP contribution in [0.5, 0.6) is 0 Å². The van der Waals surface area contributed by atoms with Crippen molar-refractivity contribution in [1.29, 1.82) is 0 Å². The molecule has 2 atom stereocenters. The zero-order chi connectivity index (χ0) is 17.4. The topological polar surface area (TPSA) is 38.1 Å². The summed E-state index contributed by atoms with van der Waals surface area (Å²) in [7, 11) is 0. The lowest BCUT2D eigenvalue weighted by Crippen LogP contribution is -2.27. The first kappa shape index (κ1) is 16.2. The number of rotatable bonds is 4. The van der Waals surface area contributed by atoms with Gasteiger partial charge < -0.3 is 9.73 Å². The normalized spacial score (nSPS) is 18.2. The maximum atomic E-state index is 5.45. The maximum Gasteiger partial charge on any atom is 0.181 e. The molecule has 0 saturated carbocycles. The summed E-state index contributed by atoms with van der Waals surface area (Å²) in [5, 5.41) is 3.79. The lowest BCUT2D eigenvalue weighted by molar-refractivity contribution is 0.535. The minimum absolute atomic E-state index is 0.488. The van der Waals surface area contributed by atoms with E-state index in [1.165, 1.54) is 41.6 Å². The van der Waals surface area contributed by atoms with Crippen molar-refractivity contribution in [3.8, 4) is 0 Å². The van der Waals surface area contributed by atoms with Crippen molar-refractivity contribution in [2.24, 2.45) is 0 Å². The smallest absolute Gasteiger partial charge is 0.181 e. The van der Waals surface area contributed by atoms with Crippen LogP contribution in [-0.4, -0.2) is 11.0 Å². The quantitative estimate of drug-likeness (QED) is 0.648. The second-order valence-electron chi connectivity index (χ2n) is 7.67. The van der Waals surface area contributed by atoms with Crippen molar-refractivity contribution in [1.82, 2.24) is 4.98 Å². The molecule has 0 fully saturated rings. The molecule has 2 aromatic carbocycles. The highest BCUT2D eigenvalue weighted by atomic mass is 16.3. The average Bonchev–Trinajstić information content (AvgIpc) is 3.08.